The summed E-state index contributed by atoms with van der Waals surface area (Å²) >= 11 is 15.5. The molecule has 0 aliphatic rings. The maximum Gasteiger partial charge on any atom is 0.253 e. The van der Waals surface area contributed by atoms with E-state index >= 15 is 0 Å². The van der Waals surface area contributed by atoms with Crippen molar-refractivity contribution in [1.82, 2.24) is 20.1 Å². The first-order valence-electron chi connectivity index (χ1n) is 9.76. The molecule has 0 radical (unpaired) electrons. The molecule has 0 saturated heterocycles. The molecular weight excluding hydrogens is 596 g/mol. The number of rotatable bonds is 9. The normalized spacial score (nSPS) is 11.6. The molecule has 1 aromatic heterocycles. The monoisotopic (exact) mass is 615 g/mol. The molecular formula is C22H20Cl2IN5O2S. The molecule has 7 nitrogen and oxygen atoms in total. The van der Waals surface area contributed by atoms with Gasteiger partial charge in [0.05, 0.1) is 22.4 Å². The zero-order valence-corrected chi connectivity index (χ0v) is 22.0. The van der Waals surface area contributed by atoms with Crippen molar-refractivity contribution in [3.63, 3.8) is 0 Å². The Morgan fingerprint density at radius 3 is 2.61 bits per heavy atom. The maximum absolute atomic E-state index is 12.7. The summed E-state index contributed by atoms with van der Waals surface area (Å²) in [4.78, 5) is 25.0. The quantitative estimate of drug-likeness (QED) is 0.186. The molecule has 1 unspecified atom stereocenters. The van der Waals surface area contributed by atoms with Gasteiger partial charge in [0, 0.05) is 20.8 Å². The van der Waals surface area contributed by atoms with E-state index in [1.54, 1.807) is 25.1 Å². The lowest BCUT2D eigenvalue weighted by Gasteiger charge is -2.16. The van der Waals surface area contributed by atoms with Gasteiger partial charge in [-0.1, -0.05) is 41.0 Å². The molecule has 11 heteroatoms. The van der Waals surface area contributed by atoms with Crippen LogP contribution < -0.4 is 10.6 Å². The van der Waals surface area contributed by atoms with Gasteiger partial charge in [-0.05, 0) is 72.0 Å². The fourth-order valence-corrected chi connectivity index (χ4v) is 4.51. The van der Waals surface area contributed by atoms with Crippen LogP contribution >= 0.6 is 57.6 Å². The van der Waals surface area contributed by atoms with E-state index in [2.05, 4.69) is 50.0 Å². The predicted octanol–water partition coefficient (Wildman–Crippen LogP) is 5.60. The van der Waals surface area contributed by atoms with E-state index in [1.807, 2.05) is 28.8 Å². The standard InChI is InChI=1S/C22H20Cl2IN5O2S/c1-3-10-30-20(13(2)26-21(32)17-9-4-14(23)11-18(17)24)28-29-22(30)33-12-19(31)27-16-7-5-15(25)6-8-16/h3-9,11,13H,1,10,12H2,2H3,(H,26,32)(H,27,31). The third-order valence-electron chi connectivity index (χ3n) is 4.43. The van der Waals surface area contributed by atoms with Gasteiger partial charge in [-0.15, -0.1) is 16.8 Å². The summed E-state index contributed by atoms with van der Waals surface area (Å²) in [6, 6.07) is 11.7. The van der Waals surface area contributed by atoms with Crippen molar-refractivity contribution in [1.29, 1.82) is 0 Å². The Bertz CT molecular complexity index is 1170. The lowest BCUT2D eigenvalue weighted by atomic mass is 10.2. The van der Waals surface area contributed by atoms with Crippen LogP contribution in [0.15, 0.2) is 60.3 Å². The average molecular weight is 616 g/mol. The van der Waals surface area contributed by atoms with E-state index in [9.17, 15) is 9.59 Å². The molecule has 2 aromatic carbocycles. The van der Waals surface area contributed by atoms with Crippen molar-refractivity contribution in [2.45, 2.75) is 24.7 Å². The number of halogens is 3. The molecule has 0 aliphatic heterocycles. The van der Waals surface area contributed by atoms with Crippen molar-refractivity contribution >= 4 is 75.1 Å². The Labute approximate surface area is 219 Å². The number of benzene rings is 2. The number of hydrogen-bond acceptors (Lipinski definition) is 5. The lowest BCUT2D eigenvalue weighted by molar-refractivity contribution is -0.113. The second-order valence-corrected chi connectivity index (χ2v) is 9.93. The van der Waals surface area contributed by atoms with E-state index in [1.165, 1.54) is 17.8 Å². The van der Waals surface area contributed by atoms with Gasteiger partial charge in [-0.3, -0.25) is 9.59 Å². The molecule has 0 aliphatic carbocycles. The first kappa shape index (κ1) is 25.5. The van der Waals surface area contributed by atoms with Crippen LogP contribution in [-0.4, -0.2) is 32.3 Å². The first-order chi connectivity index (χ1) is 15.8. The zero-order chi connectivity index (χ0) is 24.0. The summed E-state index contributed by atoms with van der Waals surface area (Å²) in [6.07, 6.45) is 1.70. The number of carbonyl (C=O) groups is 2. The molecule has 0 fully saturated rings. The molecule has 0 bridgehead atoms. The topological polar surface area (TPSA) is 88.9 Å². The maximum atomic E-state index is 12.7. The van der Waals surface area contributed by atoms with Crippen LogP contribution in [0.2, 0.25) is 10.0 Å². The minimum Gasteiger partial charge on any atom is -0.342 e. The summed E-state index contributed by atoms with van der Waals surface area (Å²) in [5, 5.41) is 15.4. The van der Waals surface area contributed by atoms with Crippen molar-refractivity contribution in [2.24, 2.45) is 0 Å². The minimum absolute atomic E-state index is 0.155. The second kappa shape index (κ2) is 11.9. The number of nitrogens with one attached hydrogen (secondary N) is 2. The number of amides is 2. The van der Waals surface area contributed by atoms with Crippen molar-refractivity contribution in [3.05, 3.63) is 80.1 Å². The van der Waals surface area contributed by atoms with Gasteiger partial charge in [0.15, 0.2) is 11.0 Å². The van der Waals surface area contributed by atoms with Gasteiger partial charge < -0.3 is 15.2 Å². The highest BCUT2D eigenvalue weighted by molar-refractivity contribution is 14.1. The summed E-state index contributed by atoms with van der Waals surface area (Å²) < 4.78 is 2.90. The number of carbonyl (C=O) groups excluding carboxylic acids is 2. The molecule has 2 N–H and O–H groups in total. The molecule has 3 aromatic rings. The minimum atomic E-state index is -0.466. The molecule has 3 rings (SSSR count). The van der Waals surface area contributed by atoms with Crippen LogP contribution in [0.3, 0.4) is 0 Å². The predicted molar refractivity (Wildman–Crippen MR) is 141 cm³/mol. The number of allylic oxidation sites excluding steroid dienone is 1. The summed E-state index contributed by atoms with van der Waals surface area (Å²) in [7, 11) is 0. The molecule has 0 saturated carbocycles. The Morgan fingerprint density at radius 1 is 1.21 bits per heavy atom. The van der Waals surface area contributed by atoms with Crippen LogP contribution in [0.5, 0.6) is 0 Å². The number of aromatic nitrogens is 3. The number of hydrogen-bond donors (Lipinski definition) is 2. The van der Waals surface area contributed by atoms with E-state index in [4.69, 9.17) is 23.2 Å². The Hall–Kier alpha value is -2.08. The van der Waals surface area contributed by atoms with Crippen molar-refractivity contribution in [3.8, 4) is 0 Å². The second-order valence-electron chi connectivity index (χ2n) is 6.90. The van der Waals surface area contributed by atoms with Crippen molar-refractivity contribution < 1.29 is 9.59 Å². The molecule has 1 atom stereocenters. The third kappa shape index (κ3) is 6.95. The van der Waals surface area contributed by atoms with Gasteiger partial charge in [0.1, 0.15) is 0 Å². The van der Waals surface area contributed by atoms with E-state index in [0.29, 0.717) is 28.1 Å². The average Bonchev–Trinajstić information content (AvgIpc) is 3.17. The van der Waals surface area contributed by atoms with Crippen LogP contribution in [0.1, 0.15) is 29.1 Å². The summed E-state index contributed by atoms with van der Waals surface area (Å²) in [6.45, 7) is 6.00. The SMILES string of the molecule is C=CCn1c(SCC(=O)Nc2ccc(I)cc2)nnc1C(C)NC(=O)c1ccc(Cl)cc1Cl. The number of anilines is 1. The van der Waals surface area contributed by atoms with Gasteiger partial charge in [0.2, 0.25) is 5.91 Å². The van der Waals surface area contributed by atoms with Gasteiger partial charge >= 0.3 is 0 Å². The molecule has 2 amide bonds. The van der Waals surface area contributed by atoms with Crippen LogP contribution in [0, 0.1) is 3.57 Å². The van der Waals surface area contributed by atoms with Crippen LogP contribution in [0.4, 0.5) is 5.69 Å². The summed E-state index contributed by atoms with van der Waals surface area (Å²) in [5.41, 5.74) is 1.04. The Morgan fingerprint density at radius 2 is 1.94 bits per heavy atom. The van der Waals surface area contributed by atoms with Gasteiger partial charge in [-0.2, -0.15) is 0 Å². The fourth-order valence-electron chi connectivity index (χ4n) is 2.90. The van der Waals surface area contributed by atoms with Crippen LogP contribution in [0.25, 0.3) is 0 Å². The smallest absolute Gasteiger partial charge is 0.253 e. The Balaban J connectivity index is 1.67. The Kier molecular flexibility index (Phi) is 9.19. The van der Waals surface area contributed by atoms with Gasteiger partial charge in [-0.25, -0.2) is 0 Å². The van der Waals surface area contributed by atoms with E-state index in [-0.39, 0.29) is 22.6 Å². The molecule has 33 heavy (non-hydrogen) atoms. The molecule has 0 spiro atoms. The first-order valence-corrected chi connectivity index (χ1v) is 12.6. The largest absolute Gasteiger partial charge is 0.342 e. The fraction of sp³-hybridized carbons (Fsp3) is 0.182. The number of thioether (sulfide) groups is 1. The summed E-state index contributed by atoms with van der Waals surface area (Å²) in [5.74, 6) is 0.175. The lowest BCUT2D eigenvalue weighted by Crippen LogP contribution is -2.29. The van der Waals surface area contributed by atoms with E-state index in [0.717, 1.165) is 9.26 Å². The molecule has 1 heterocycles. The van der Waals surface area contributed by atoms with E-state index < -0.39 is 6.04 Å². The molecule has 172 valence electrons. The number of nitrogens with zero attached hydrogens (tertiary/aromatic N) is 3. The highest BCUT2D eigenvalue weighted by Crippen LogP contribution is 2.24. The third-order valence-corrected chi connectivity index (χ3v) is 6.66. The zero-order valence-electron chi connectivity index (χ0n) is 17.5. The van der Waals surface area contributed by atoms with Crippen molar-refractivity contribution in [2.75, 3.05) is 11.1 Å². The van der Waals surface area contributed by atoms with Crippen LogP contribution in [-0.2, 0) is 11.3 Å². The highest BCUT2D eigenvalue weighted by Gasteiger charge is 2.21. The van der Waals surface area contributed by atoms with Gasteiger partial charge in [0.25, 0.3) is 5.91 Å². The highest BCUT2D eigenvalue weighted by atomic mass is 127.